The van der Waals surface area contributed by atoms with Gasteiger partial charge >= 0.3 is 0 Å². The van der Waals surface area contributed by atoms with Crippen LogP contribution in [0.4, 0.5) is 0 Å². The van der Waals surface area contributed by atoms with Crippen molar-refractivity contribution in [3.8, 4) is 0 Å². The molecule has 5 aliphatic rings. The van der Waals surface area contributed by atoms with E-state index in [1.807, 2.05) is 0 Å². The lowest BCUT2D eigenvalue weighted by Gasteiger charge is -2.63. The fraction of sp³-hybridized carbons (Fsp3) is 1.00. The van der Waals surface area contributed by atoms with Crippen LogP contribution in [0.3, 0.4) is 0 Å². The molecule has 0 radical (unpaired) electrons. The van der Waals surface area contributed by atoms with Crippen molar-refractivity contribution in [1.82, 2.24) is 0 Å². The molecule has 1 aliphatic heterocycles. The summed E-state index contributed by atoms with van der Waals surface area (Å²) in [5.74, 6) is 0.942. The zero-order valence-electron chi connectivity index (χ0n) is 21.2. The van der Waals surface area contributed by atoms with Crippen LogP contribution in [-0.2, 0) is 9.47 Å². The standard InChI is InChI=1S/C26H43NO8/c1-14-20(28)21(29)22(30)23(34-14)35-17-7-9-24(2)15(12-17)4-5-19-18(24)8-10-25(3)16(13-27(32)33)6-11-26(19,25)31/h14-23,28-31H,4-13H2,1-3H3/t14-,15+,16+,17-,18-,19+,20-,21+,22+,23+,24-,25+,26-/m0/s1. The number of ether oxygens (including phenoxy) is 2. The highest BCUT2D eigenvalue weighted by atomic mass is 16.7. The van der Waals surface area contributed by atoms with Crippen molar-refractivity contribution >= 4 is 0 Å². The van der Waals surface area contributed by atoms with Gasteiger partial charge in [-0.1, -0.05) is 13.8 Å². The van der Waals surface area contributed by atoms with E-state index in [1.165, 1.54) is 0 Å². The third-order valence-corrected chi connectivity index (χ3v) is 11.5. The van der Waals surface area contributed by atoms with E-state index in [0.29, 0.717) is 18.3 Å². The number of hydrogen-bond acceptors (Lipinski definition) is 8. The molecular weight excluding hydrogens is 454 g/mol. The summed E-state index contributed by atoms with van der Waals surface area (Å²) in [4.78, 5) is 11.1. The fourth-order valence-electron chi connectivity index (χ4n) is 9.21. The van der Waals surface area contributed by atoms with E-state index in [0.717, 1.165) is 51.4 Å². The number of aliphatic hydroxyl groups is 4. The molecule has 9 nitrogen and oxygen atoms in total. The lowest BCUT2D eigenvalue weighted by atomic mass is 9.43. The predicted molar refractivity (Wildman–Crippen MR) is 126 cm³/mol. The zero-order valence-corrected chi connectivity index (χ0v) is 21.2. The Bertz CT molecular complexity index is 827. The molecule has 0 bridgehead atoms. The normalized spacial score (nSPS) is 56.1. The van der Waals surface area contributed by atoms with Crippen LogP contribution in [-0.4, -0.2) is 74.3 Å². The first-order valence-corrected chi connectivity index (χ1v) is 13.6. The molecule has 5 rings (SSSR count). The second-order valence-electron chi connectivity index (χ2n) is 12.8. The van der Waals surface area contributed by atoms with Gasteiger partial charge in [0.15, 0.2) is 6.29 Å². The first-order chi connectivity index (χ1) is 16.4. The highest BCUT2D eigenvalue weighted by Gasteiger charge is 2.68. The molecule has 4 aliphatic carbocycles. The summed E-state index contributed by atoms with van der Waals surface area (Å²) in [6, 6.07) is 0. The zero-order chi connectivity index (χ0) is 25.3. The number of fused-ring (bicyclic) bond motifs is 5. The average molecular weight is 498 g/mol. The van der Waals surface area contributed by atoms with Gasteiger partial charge in [0.05, 0.1) is 17.8 Å². The van der Waals surface area contributed by atoms with Gasteiger partial charge in [-0.05, 0) is 87.9 Å². The van der Waals surface area contributed by atoms with E-state index in [2.05, 4.69) is 13.8 Å². The van der Waals surface area contributed by atoms with Crippen LogP contribution in [0.2, 0.25) is 0 Å². The van der Waals surface area contributed by atoms with Gasteiger partial charge in [-0.2, -0.15) is 0 Å². The van der Waals surface area contributed by atoms with E-state index in [4.69, 9.17) is 9.47 Å². The number of aliphatic hydroxyl groups excluding tert-OH is 3. The molecule has 0 amide bonds. The molecule has 4 saturated carbocycles. The lowest BCUT2D eigenvalue weighted by molar-refractivity contribution is -0.492. The fourth-order valence-corrected chi connectivity index (χ4v) is 9.21. The lowest BCUT2D eigenvalue weighted by Crippen LogP contribution is -2.63. The Labute approximate surface area is 207 Å². The third-order valence-electron chi connectivity index (χ3n) is 11.5. The van der Waals surface area contributed by atoms with Crippen LogP contribution >= 0.6 is 0 Å². The summed E-state index contributed by atoms with van der Waals surface area (Å²) in [5.41, 5.74) is -1.14. The summed E-state index contributed by atoms with van der Waals surface area (Å²) in [6.07, 6.45) is 2.38. The summed E-state index contributed by atoms with van der Waals surface area (Å²) in [6.45, 7) is 6.09. The maximum Gasteiger partial charge on any atom is 0.207 e. The van der Waals surface area contributed by atoms with Gasteiger partial charge in [0.1, 0.15) is 18.3 Å². The van der Waals surface area contributed by atoms with Crippen molar-refractivity contribution in [2.45, 2.75) is 121 Å². The Morgan fingerprint density at radius 2 is 1.71 bits per heavy atom. The van der Waals surface area contributed by atoms with E-state index < -0.39 is 36.3 Å². The third kappa shape index (κ3) is 3.87. The van der Waals surface area contributed by atoms with Crippen LogP contribution in [0.15, 0.2) is 0 Å². The molecule has 0 aromatic rings. The number of nitro groups is 1. The molecule has 4 N–H and O–H groups in total. The molecule has 9 heteroatoms. The highest BCUT2D eigenvalue weighted by Crippen LogP contribution is 2.69. The van der Waals surface area contributed by atoms with Gasteiger partial charge in [-0.25, -0.2) is 0 Å². The molecule has 200 valence electrons. The molecule has 0 unspecified atom stereocenters. The largest absolute Gasteiger partial charge is 0.389 e. The van der Waals surface area contributed by atoms with Gasteiger partial charge in [0, 0.05) is 16.3 Å². The van der Waals surface area contributed by atoms with Gasteiger partial charge in [-0.3, -0.25) is 10.1 Å². The van der Waals surface area contributed by atoms with Gasteiger partial charge < -0.3 is 29.9 Å². The van der Waals surface area contributed by atoms with Crippen LogP contribution < -0.4 is 0 Å². The number of nitrogens with zero attached hydrogens (tertiary/aromatic N) is 1. The van der Waals surface area contributed by atoms with Crippen molar-refractivity contribution in [3.05, 3.63) is 10.1 Å². The topological polar surface area (TPSA) is 143 Å². The summed E-state index contributed by atoms with van der Waals surface area (Å²) < 4.78 is 11.8. The predicted octanol–water partition coefficient (Wildman–Crippen LogP) is 2.25. The van der Waals surface area contributed by atoms with Crippen molar-refractivity contribution < 1.29 is 34.8 Å². The Balaban J connectivity index is 1.28. The molecule has 5 fully saturated rings. The Morgan fingerprint density at radius 1 is 0.971 bits per heavy atom. The first kappa shape index (κ1) is 25.8. The summed E-state index contributed by atoms with van der Waals surface area (Å²) >= 11 is 0. The van der Waals surface area contributed by atoms with E-state index in [9.17, 15) is 30.5 Å². The minimum atomic E-state index is -1.30. The van der Waals surface area contributed by atoms with Gasteiger partial charge in [-0.15, -0.1) is 0 Å². The van der Waals surface area contributed by atoms with E-state index in [-0.39, 0.29) is 40.2 Å². The van der Waals surface area contributed by atoms with Gasteiger partial charge in [0.25, 0.3) is 0 Å². The number of rotatable bonds is 4. The van der Waals surface area contributed by atoms with E-state index in [1.54, 1.807) is 6.92 Å². The van der Waals surface area contributed by atoms with Gasteiger partial charge in [0.2, 0.25) is 6.54 Å². The number of hydrogen-bond donors (Lipinski definition) is 4. The molecule has 35 heavy (non-hydrogen) atoms. The van der Waals surface area contributed by atoms with Crippen molar-refractivity contribution in [2.75, 3.05) is 6.54 Å². The summed E-state index contributed by atoms with van der Waals surface area (Å²) in [5, 5.41) is 53.9. The molecule has 13 atom stereocenters. The van der Waals surface area contributed by atoms with Crippen molar-refractivity contribution in [1.29, 1.82) is 0 Å². The summed E-state index contributed by atoms with van der Waals surface area (Å²) in [7, 11) is 0. The monoisotopic (exact) mass is 497 g/mol. The van der Waals surface area contributed by atoms with Crippen LogP contribution in [0.1, 0.15) is 78.6 Å². The second kappa shape index (κ2) is 8.88. The quantitative estimate of drug-likeness (QED) is 0.263. The molecular formula is C26H43NO8. The van der Waals surface area contributed by atoms with Crippen molar-refractivity contribution in [2.24, 2.45) is 34.5 Å². The molecule has 1 heterocycles. The van der Waals surface area contributed by atoms with Crippen LogP contribution in [0.25, 0.3) is 0 Å². The Hall–Kier alpha value is -0.840. The average Bonchev–Trinajstić information content (AvgIpc) is 3.06. The minimum Gasteiger partial charge on any atom is -0.389 e. The van der Waals surface area contributed by atoms with Crippen LogP contribution in [0, 0.1) is 44.6 Å². The van der Waals surface area contributed by atoms with E-state index >= 15 is 0 Å². The molecule has 0 aromatic carbocycles. The first-order valence-electron chi connectivity index (χ1n) is 13.6. The highest BCUT2D eigenvalue weighted by molar-refractivity contribution is 5.16. The molecule has 1 saturated heterocycles. The molecule has 0 spiro atoms. The maximum absolute atomic E-state index is 12.1. The maximum atomic E-state index is 12.1. The Morgan fingerprint density at radius 3 is 2.43 bits per heavy atom. The molecule has 0 aromatic heterocycles. The Kier molecular flexibility index (Phi) is 6.54. The smallest absolute Gasteiger partial charge is 0.207 e. The second-order valence-corrected chi connectivity index (χ2v) is 12.8. The van der Waals surface area contributed by atoms with Crippen molar-refractivity contribution in [3.63, 3.8) is 0 Å². The minimum absolute atomic E-state index is 0.0471. The van der Waals surface area contributed by atoms with Crippen LogP contribution in [0.5, 0.6) is 0 Å². The SMILES string of the molecule is C[C@@H]1O[C@H](O[C@H]2CC[C@@]3(C)[C@H](CC[C@@H]4[C@@H]3CC[C@]3(C)[C@@H](C[N+](=O)[O-])CC[C@]43O)C2)[C@H](O)[C@H](O)[C@H]1O.